The predicted molar refractivity (Wildman–Crippen MR) is 54.9 cm³/mol. The highest BCUT2D eigenvalue weighted by molar-refractivity contribution is 7.89. The van der Waals surface area contributed by atoms with E-state index >= 15 is 0 Å². The molecule has 13 heavy (non-hydrogen) atoms. The van der Waals surface area contributed by atoms with Gasteiger partial charge in [-0.1, -0.05) is 20.8 Å². The van der Waals surface area contributed by atoms with Gasteiger partial charge in [-0.05, 0) is 11.8 Å². The van der Waals surface area contributed by atoms with E-state index in [-0.39, 0.29) is 11.2 Å². The van der Waals surface area contributed by atoms with E-state index in [9.17, 15) is 8.42 Å². The fourth-order valence-corrected chi connectivity index (χ4v) is 2.18. The van der Waals surface area contributed by atoms with Gasteiger partial charge in [-0.15, -0.1) is 0 Å². The monoisotopic (exact) mass is 208 g/mol. The normalized spacial score (nSPS) is 13.2. The van der Waals surface area contributed by atoms with Gasteiger partial charge in [0.2, 0.25) is 10.0 Å². The Morgan fingerprint density at radius 3 is 2.23 bits per heavy atom. The summed E-state index contributed by atoms with van der Waals surface area (Å²) in [4.78, 5) is 0. The van der Waals surface area contributed by atoms with Gasteiger partial charge < -0.3 is 5.73 Å². The molecule has 0 saturated carbocycles. The van der Waals surface area contributed by atoms with Crippen molar-refractivity contribution >= 4 is 10.0 Å². The maximum atomic E-state index is 11.3. The second-order valence-corrected chi connectivity index (χ2v) is 6.24. The van der Waals surface area contributed by atoms with Crippen LogP contribution in [0.2, 0.25) is 0 Å². The molecule has 0 rings (SSSR count). The van der Waals surface area contributed by atoms with Crippen molar-refractivity contribution in [2.75, 3.05) is 18.8 Å². The molecule has 0 unspecified atom stereocenters. The van der Waals surface area contributed by atoms with E-state index in [1.165, 1.54) is 0 Å². The van der Waals surface area contributed by atoms with E-state index in [1.807, 2.05) is 20.8 Å². The standard InChI is InChI=1S/C8H20N2O2S/c1-8(2,3)4-7-13(11,12)10-6-5-9/h10H,4-7,9H2,1-3H3. The van der Waals surface area contributed by atoms with E-state index < -0.39 is 10.0 Å². The molecule has 0 radical (unpaired) electrons. The van der Waals surface area contributed by atoms with Gasteiger partial charge in [0.15, 0.2) is 0 Å². The Morgan fingerprint density at radius 2 is 1.85 bits per heavy atom. The van der Waals surface area contributed by atoms with Crippen LogP contribution in [0, 0.1) is 5.41 Å². The van der Waals surface area contributed by atoms with Gasteiger partial charge >= 0.3 is 0 Å². The summed E-state index contributed by atoms with van der Waals surface area (Å²) in [5.41, 5.74) is 5.24. The molecule has 0 saturated heterocycles. The summed E-state index contributed by atoms with van der Waals surface area (Å²) in [6, 6.07) is 0. The highest BCUT2D eigenvalue weighted by Crippen LogP contribution is 2.18. The van der Waals surface area contributed by atoms with Crippen LogP contribution in [-0.4, -0.2) is 27.3 Å². The Morgan fingerprint density at radius 1 is 1.31 bits per heavy atom. The Labute approximate surface area is 80.9 Å². The Hall–Kier alpha value is -0.130. The molecule has 0 amide bonds. The van der Waals surface area contributed by atoms with Crippen molar-refractivity contribution in [3.8, 4) is 0 Å². The van der Waals surface area contributed by atoms with Crippen LogP contribution in [0.3, 0.4) is 0 Å². The smallest absolute Gasteiger partial charge is 0.211 e. The van der Waals surface area contributed by atoms with E-state index in [0.717, 1.165) is 0 Å². The van der Waals surface area contributed by atoms with Gasteiger partial charge in [-0.2, -0.15) is 0 Å². The number of nitrogens with one attached hydrogen (secondary N) is 1. The minimum absolute atomic E-state index is 0.0530. The van der Waals surface area contributed by atoms with Crippen LogP contribution in [0.5, 0.6) is 0 Å². The van der Waals surface area contributed by atoms with Crippen molar-refractivity contribution in [1.29, 1.82) is 0 Å². The van der Waals surface area contributed by atoms with Crippen LogP contribution >= 0.6 is 0 Å². The zero-order valence-corrected chi connectivity index (χ0v) is 9.45. The minimum atomic E-state index is -3.11. The maximum Gasteiger partial charge on any atom is 0.211 e. The second-order valence-electron chi connectivity index (χ2n) is 4.31. The number of nitrogens with two attached hydrogens (primary N) is 1. The minimum Gasteiger partial charge on any atom is -0.329 e. The lowest BCUT2D eigenvalue weighted by atomic mass is 9.94. The van der Waals surface area contributed by atoms with Crippen molar-refractivity contribution in [2.24, 2.45) is 11.1 Å². The van der Waals surface area contributed by atoms with E-state index in [2.05, 4.69) is 4.72 Å². The molecule has 5 heteroatoms. The molecule has 0 aromatic heterocycles. The molecule has 0 spiro atoms. The molecule has 0 aliphatic rings. The lowest BCUT2D eigenvalue weighted by Gasteiger charge is -2.17. The molecule has 0 heterocycles. The van der Waals surface area contributed by atoms with E-state index in [1.54, 1.807) is 0 Å². The van der Waals surface area contributed by atoms with Crippen LogP contribution in [0.4, 0.5) is 0 Å². The molecule has 0 atom stereocenters. The molecule has 3 N–H and O–H groups in total. The van der Waals surface area contributed by atoms with Gasteiger partial charge in [-0.25, -0.2) is 13.1 Å². The Kier molecular flexibility index (Phi) is 4.88. The number of hydrogen-bond acceptors (Lipinski definition) is 3. The fourth-order valence-electron chi connectivity index (χ4n) is 0.727. The highest BCUT2D eigenvalue weighted by Gasteiger charge is 2.16. The van der Waals surface area contributed by atoms with E-state index in [4.69, 9.17) is 5.73 Å². The van der Waals surface area contributed by atoms with Crippen LogP contribution in [-0.2, 0) is 10.0 Å². The third-order valence-corrected chi connectivity index (χ3v) is 2.97. The van der Waals surface area contributed by atoms with Crippen molar-refractivity contribution in [3.05, 3.63) is 0 Å². The number of sulfonamides is 1. The second kappa shape index (κ2) is 4.93. The molecule has 4 nitrogen and oxygen atoms in total. The molecule has 0 aromatic rings. The van der Waals surface area contributed by atoms with Crippen LogP contribution in [0.1, 0.15) is 27.2 Å². The first kappa shape index (κ1) is 12.9. The molecule has 0 aliphatic heterocycles. The van der Waals surface area contributed by atoms with Gasteiger partial charge in [0, 0.05) is 13.1 Å². The molecular formula is C8H20N2O2S. The Bertz CT molecular complexity index is 229. The summed E-state index contributed by atoms with van der Waals surface area (Å²) in [6.45, 7) is 6.73. The molecular weight excluding hydrogens is 188 g/mol. The van der Waals surface area contributed by atoms with Crippen LogP contribution in [0.15, 0.2) is 0 Å². The van der Waals surface area contributed by atoms with Crippen molar-refractivity contribution in [3.63, 3.8) is 0 Å². The van der Waals surface area contributed by atoms with Gasteiger partial charge in [0.25, 0.3) is 0 Å². The number of hydrogen-bond donors (Lipinski definition) is 2. The maximum absolute atomic E-state index is 11.3. The molecule has 0 aromatic carbocycles. The zero-order chi connectivity index (χ0) is 10.5. The number of rotatable bonds is 5. The van der Waals surface area contributed by atoms with Gasteiger partial charge in [0.1, 0.15) is 0 Å². The summed E-state index contributed by atoms with van der Waals surface area (Å²) in [5.74, 6) is 0.177. The molecule has 0 fully saturated rings. The van der Waals surface area contributed by atoms with Crippen molar-refractivity contribution in [2.45, 2.75) is 27.2 Å². The van der Waals surface area contributed by atoms with Gasteiger partial charge in [-0.3, -0.25) is 0 Å². The summed E-state index contributed by atoms with van der Waals surface area (Å²) >= 11 is 0. The third kappa shape index (κ3) is 8.21. The quantitative estimate of drug-likeness (QED) is 0.682. The fraction of sp³-hybridized carbons (Fsp3) is 1.00. The lowest BCUT2D eigenvalue weighted by molar-refractivity contribution is 0.396. The van der Waals surface area contributed by atoms with Gasteiger partial charge in [0.05, 0.1) is 5.75 Å². The summed E-state index contributed by atoms with van der Waals surface area (Å²) in [5, 5.41) is 0. The van der Waals surface area contributed by atoms with E-state index in [0.29, 0.717) is 19.5 Å². The first-order chi connectivity index (χ1) is 5.77. The predicted octanol–water partition coefficient (Wildman–Crippen LogP) is 0.301. The molecule has 0 aliphatic carbocycles. The summed E-state index contributed by atoms with van der Waals surface area (Å²) < 4.78 is 25.0. The molecule has 80 valence electrons. The lowest BCUT2D eigenvalue weighted by Crippen LogP contribution is -2.32. The summed E-state index contributed by atoms with van der Waals surface area (Å²) in [6.07, 6.45) is 0.660. The van der Waals surface area contributed by atoms with Crippen molar-refractivity contribution in [1.82, 2.24) is 4.72 Å². The highest BCUT2D eigenvalue weighted by atomic mass is 32.2. The first-order valence-electron chi connectivity index (χ1n) is 4.44. The average molecular weight is 208 g/mol. The SMILES string of the molecule is CC(C)(C)CCS(=O)(=O)NCCN. The van der Waals surface area contributed by atoms with Crippen LogP contribution < -0.4 is 10.5 Å². The third-order valence-electron chi connectivity index (χ3n) is 1.59. The van der Waals surface area contributed by atoms with Crippen LogP contribution in [0.25, 0.3) is 0 Å². The molecule has 0 bridgehead atoms. The Balaban J connectivity index is 3.91. The first-order valence-corrected chi connectivity index (χ1v) is 6.09. The average Bonchev–Trinajstić information content (AvgIpc) is 1.97. The topological polar surface area (TPSA) is 72.2 Å². The van der Waals surface area contributed by atoms with Crippen molar-refractivity contribution < 1.29 is 8.42 Å². The zero-order valence-electron chi connectivity index (χ0n) is 8.63. The largest absolute Gasteiger partial charge is 0.329 e. The summed E-state index contributed by atoms with van der Waals surface area (Å²) in [7, 11) is -3.11.